The van der Waals surface area contributed by atoms with E-state index < -0.39 is 11.9 Å². The Morgan fingerprint density at radius 1 is 1.08 bits per heavy atom. The molecule has 1 amide bonds. The Hall–Kier alpha value is -2.85. The average molecular weight is 342 g/mol. The van der Waals surface area contributed by atoms with Crippen LogP contribution in [0.3, 0.4) is 0 Å². The lowest BCUT2D eigenvalue weighted by molar-refractivity contribution is -0.138. The molecule has 0 bridgehead atoms. The minimum absolute atomic E-state index is 0.0352. The molecule has 0 unspecified atom stereocenters. The van der Waals surface area contributed by atoms with Gasteiger partial charge in [0.05, 0.1) is 0 Å². The molecule has 5 heteroatoms. The number of halogens is 1. The van der Waals surface area contributed by atoms with Gasteiger partial charge in [0.25, 0.3) is 5.91 Å². The lowest BCUT2D eigenvalue weighted by Crippen LogP contribution is -2.28. The SMILES string of the molecule is C=CCOC(=O)/C(=C\c1ccc(Cl)cc1)NC(=O)c1ccccc1. The molecule has 4 nitrogen and oxygen atoms in total. The van der Waals surface area contributed by atoms with Crippen molar-refractivity contribution in [1.29, 1.82) is 0 Å². The summed E-state index contributed by atoms with van der Waals surface area (Å²) >= 11 is 5.85. The molecule has 2 rings (SSSR count). The standard InChI is InChI=1S/C19H16ClNO3/c1-2-12-24-19(23)17(13-14-8-10-16(20)11-9-14)21-18(22)15-6-4-3-5-7-15/h2-11,13H,1,12H2,(H,21,22)/b17-13+. The quantitative estimate of drug-likeness (QED) is 0.493. The van der Waals surface area contributed by atoms with Crippen LogP contribution < -0.4 is 5.32 Å². The topological polar surface area (TPSA) is 55.4 Å². The zero-order chi connectivity index (χ0) is 17.4. The predicted octanol–water partition coefficient (Wildman–Crippen LogP) is 3.84. The second-order valence-corrected chi connectivity index (χ2v) is 5.25. The van der Waals surface area contributed by atoms with Crippen LogP contribution in [0, 0.1) is 0 Å². The van der Waals surface area contributed by atoms with Gasteiger partial charge in [-0.15, -0.1) is 0 Å². The first kappa shape index (κ1) is 17.5. The summed E-state index contributed by atoms with van der Waals surface area (Å²) in [5, 5.41) is 3.17. The van der Waals surface area contributed by atoms with Crippen LogP contribution >= 0.6 is 11.6 Å². The number of hydrogen-bond donors (Lipinski definition) is 1. The highest BCUT2D eigenvalue weighted by Gasteiger charge is 2.15. The second kappa shape index (κ2) is 8.70. The van der Waals surface area contributed by atoms with Crippen molar-refractivity contribution in [3.63, 3.8) is 0 Å². The number of hydrogen-bond acceptors (Lipinski definition) is 3. The third-order valence-corrected chi connectivity index (χ3v) is 3.27. The molecule has 2 aromatic carbocycles. The van der Waals surface area contributed by atoms with Crippen LogP contribution in [-0.4, -0.2) is 18.5 Å². The van der Waals surface area contributed by atoms with Crippen molar-refractivity contribution in [2.24, 2.45) is 0 Å². The Balaban J connectivity index is 2.25. The highest BCUT2D eigenvalue weighted by molar-refractivity contribution is 6.30. The smallest absolute Gasteiger partial charge is 0.355 e. The van der Waals surface area contributed by atoms with Crippen LogP contribution in [0.5, 0.6) is 0 Å². The molecule has 0 aliphatic carbocycles. The molecular formula is C19H16ClNO3. The molecular weight excluding hydrogens is 326 g/mol. The van der Waals surface area contributed by atoms with Crippen molar-refractivity contribution >= 4 is 29.6 Å². The number of rotatable bonds is 6. The maximum absolute atomic E-state index is 12.3. The first-order valence-electron chi connectivity index (χ1n) is 7.22. The number of carbonyl (C=O) groups excluding carboxylic acids is 2. The van der Waals surface area contributed by atoms with E-state index in [1.54, 1.807) is 54.6 Å². The third kappa shape index (κ3) is 5.11. The van der Waals surface area contributed by atoms with Gasteiger partial charge in [0, 0.05) is 10.6 Å². The molecule has 0 aliphatic rings. The zero-order valence-electron chi connectivity index (χ0n) is 12.9. The summed E-state index contributed by atoms with van der Waals surface area (Å²) in [6, 6.07) is 15.5. The van der Waals surface area contributed by atoms with Crippen LogP contribution in [0.25, 0.3) is 6.08 Å². The van der Waals surface area contributed by atoms with Gasteiger partial charge in [-0.1, -0.05) is 54.6 Å². The Kier molecular flexibility index (Phi) is 6.34. The van der Waals surface area contributed by atoms with E-state index in [0.717, 1.165) is 0 Å². The third-order valence-electron chi connectivity index (χ3n) is 3.02. The fraction of sp³-hybridized carbons (Fsp3) is 0.0526. The Bertz CT molecular complexity index is 752. The van der Waals surface area contributed by atoms with Crippen molar-refractivity contribution in [2.45, 2.75) is 0 Å². The molecule has 0 radical (unpaired) electrons. The van der Waals surface area contributed by atoms with Crippen molar-refractivity contribution in [2.75, 3.05) is 6.61 Å². The van der Waals surface area contributed by atoms with Crippen LogP contribution in [0.15, 0.2) is 72.9 Å². The van der Waals surface area contributed by atoms with Gasteiger partial charge in [-0.2, -0.15) is 0 Å². The normalized spacial score (nSPS) is 10.8. The van der Waals surface area contributed by atoms with Crippen LogP contribution in [0.4, 0.5) is 0 Å². The lowest BCUT2D eigenvalue weighted by Gasteiger charge is -2.09. The molecule has 1 N–H and O–H groups in total. The lowest BCUT2D eigenvalue weighted by atomic mass is 10.1. The summed E-state index contributed by atoms with van der Waals surface area (Å²) < 4.78 is 5.02. The van der Waals surface area contributed by atoms with Crippen molar-refractivity contribution in [3.8, 4) is 0 Å². The average Bonchev–Trinajstić information content (AvgIpc) is 2.61. The molecule has 0 saturated carbocycles. The molecule has 0 spiro atoms. The Morgan fingerprint density at radius 2 is 1.75 bits per heavy atom. The molecule has 2 aromatic rings. The van der Waals surface area contributed by atoms with E-state index in [1.807, 2.05) is 0 Å². The number of esters is 1. The van der Waals surface area contributed by atoms with E-state index in [-0.39, 0.29) is 12.3 Å². The maximum Gasteiger partial charge on any atom is 0.355 e. The second-order valence-electron chi connectivity index (χ2n) is 4.82. The first-order chi connectivity index (χ1) is 11.6. The van der Waals surface area contributed by atoms with Crippen LogP contribution in [0.1, 0.15) is 15.9 Å². The molecule has 0 aromatic heterocycles. The summed E-state index contributed by atoms with van der Waals surface area (Å²) in [7, 11) is 0. The molecule has 24 heavy (non-hydrogen) atoms. The summed E-state index contributed by atoms with van der Waals surface area (Å²) in [5.41, 5.74) is 1.18. The zero-order valence-corrected chi connectivity index (χ0v) is 13.6. The molecule has 0 fully saturated rings. The van der Waals surface area contributed by atoms with Gasteiger partial charge >= 0.3 is 5.97 Å². The minimum atomic E-state index is -0.644. The molecule has 0 saturated heterocycles. The highest BCUT2D eigenvalue weighted by Crippen LogP contribution is 2.13. The van der Waals surface area contributed by atoms with Crippen molar-refractivity contribution in [3.05, 3.63) is 89.1 Å². The molecule has 0 aliphatic heterocycles. The summed E-state index contributed by atoms with van der Waals surface area (Å²) in [6.07, 6.45) is 2.99. The van der Waals surface area contributed by atoms with Gasteiger partial charge in [-0.05, 0) is 35.9 Å². The highest BCUT2D eigenvalue weighted by atomic mass is 35.5. The summed E-state index contributed by atoms with van der Waals surface area (Å²) in [6.45, 7) is 3.55. The monoisotopic (exact) mass is 341 g/mol. The van der Waals surface area contributed by atoms with E-state index in [2.05, 4.69) is 11.9 Å². The van der Waals surface area contributed by atoms with Gasteiger partial charge in [-0.3, -0.25) is 4.79 Å². The van der Waals surface area contributed by atoms with Crippen LogP contribution in [-0.2, 0) is 9.53 Å². The van der Waals surface area contributed by atoms with Gasteiger partial charge in [0.2, 0.25) is 0 Å². The van der Waals surface area contributed by atoms with Gasteiger partial charge < -0.3 is 10.1 Å². The number of carbonyl (C=O) groups is 2. The van der Waals surface area contributed by atoms with E-state index in [1.165, 1.54) is 12.2 Å². The minimum Gasteiger partial charge on any atom is -0.457 e. The van der Waals surface area contributed by atoms with E-state index >= 15 is 0 Å². The molecule has 0 heterocycles. The van der Waals surface area contributed by atoms with Gasteiger partial charge in [0.1, 0.15) is 12.3 Å². The number of nitrogens with one attached hydrogen (secondary N) is 1. The molecule has 0 atom stereocenters. The Morgan fingerprint density at radius 3 is 2.38 bits per heavy atom. The predicted molar refractivity (Wildman–Crippen MR) is 94.5 cm³/mol. The van der Waals surface area contributed by atoms with Crippen molar-refractivity contribution < 1.29 is 14.3 Å². The van der Waals surface area contributed by atoms with Gasteiger partial charge in [-0.25, -0.2) is 4.79 Å². The largest absolute Gasteiger partial charge is 0.457 e. The molecule has 122 valence electrons. The first-order valence-corrected chi connectivity index (χ1v) is 7.59. The summed E-state index contributed by atoms with van der Waals surface area (Å²) in [5.74, 6) is -1.04. The van der Waals surface area contributed by atoms with E-state index in [9.17, 15) is 9.59 Å². The van der Waals surface area contributed by atoms with Gasteiger partial charge in [0.15, 0.2) is 0 Å². The van der Waals surface area contributed by atoms with Crippen molar-refractivity contribution in [1.82, 2.24) is 5.32 Å². The maximum atomic E-state index is 12.3. The fourth-order valence-corrected chi connectivity index (χ4v) is 1.99. The number of amides is 1. The van der Waals surface area contributed by atoms with E-state index in [4.69, 9.17) is 16.3 Å². The number of benzene rings is 2. The van der Waals surface area contributed by atoms with E-state index in [0.29, 0.717) is 16.1 Å². The Labute approximate surface area is 145 Å². The van der Waals surface area contributed by atoms with Crippen LogP contribution in [0.2, 0.25) is 5.02 Å². The fourth-order valence-electron chi connectivity index (χ4n) is 1.87. The summed E-state index contributed by atoms with van der Waals surface area (Å²) in [4.78, 5) is 24.4. The number of ether oxygens (including phenoxy) is 1.